The van der Waals surface area contributed by atoms with Crippen LogP contribution in [-0.4, -0.2) is 16.0 Å². The summed E-state index contributed by atoms with van der Waals surface area (Å²) in [4.78, 5) is 23.8. The highest BCUT2D eigenvalue weighted by Crippen LogP contribution is 2.38. The Kier molecular flexibility index (Phi) is 3.91. The number of nitrogens with zero attached hydrogens (tertiary/aromatic N) is 1. The maximum Gasteiger partial charge on any atom is 0.416 e. The molecule has 5 nitrogen and oxygen atoms in total. The monoisotopic (exact) mass is 392 g/mol. The molecule has 9 heteroatoms. The van der Waals surface area contributed by atoms with Crippen LogP contribution in [0.3, 0.4) is 0 Å². The molecule has 0 amide bonds. The zero-order valence-electron chi connectivity index (χ0n) is 14.0. The number of anilines is 1. The molecule has 0 spiro atoms. The first kappa shape index (κ1) is 18.0. The predicted molar refractivity (Wildman–Crippen MR) is 93.0 cm³/mol. The van der Waals surface area contributed by atoms with Gasteiger partial charge in [-0.25, -0.2) is 4.39 Å². The molecule has 4 rings (SSSR count). The van der Waals surface area contributed by atoms with Crippen molar-refractivity contribution >= 4 is 22.9 Å². The second kappa shape index (κ2) is 6.08. The summed E-state index contributed by atoms with van der Waals surface area (Å²) in [5.41, 5.74) is -1.66. The lowest BCUT2D eigenvalue weighted by Crippen LogP contribution is -2.33. The second-order valence-electron chi connectivity index (χ2n) is 6.43. The van der Waals surface area contributed by atoms with Crippen LogP contribution in [0.2, 0.25) is 0 Å². The number of nitrogens with one attached hydrogen (secondary N) is 1. The predicted octanol–water partition coefficient (Wildman–Crippen LogP) is 3.84. The smallest absolute Gasteiger partial charge is 0.416 e. The summed E-state index contributed by atoms with van der Waals surface area (Å²) in [5, 5.41) is 13.2. The molecule has 1 aliphatic rings. The van der Waals surface area contributed by atoms with Gasteiger partial charge in [-0.3, -0.25) is 9.59 Å². The summed E-state index contributed by atoms with van der Waals surface area (Å²) < 4.78 is 53.9. The van der Waals surface area contributed by atoms with E-state index in [1.807, 2.05) is 0 Å². The molecule has 3 aromatic rings. The molecule has 1 aliphatic heterocycles. The molecule has 0 fully saturated rings. The average molecular weight is 392 g/mol. The van der Waals surface area contributed by atoms with Crippen molar-refractivity contribution in [1.29, 1.82) is 0 Å². The molecule has 0 bridgehead atoms. The summed E-state index contributed by atoms with van der Waals surface area (Å²) >= 11 is 0. The van der Waals surface area contributed by atoms with E-state index >= 15 is 0 Å². The van der Waals surface area contributed by atoms with Crippen molar-refractivity contribution in [3.63, 3.8) is 0 Å². The van der Waals surface area contributed by atoms with Crippen LogP contribution in [0, 0.1) is 5.82 Å². The molecule has 0 saturated heterocycles. The van der Waals surface area contributed by atoms with Crippen LogP contribution in [0.25, 0.3) is 10.9 Å². The zero-order chi connectivity index (χ0) is 20.2. The van der Waals surface area contributed by atoms with Crippen LogP contribution in [0.4, 0.5) is 23.2 Å². The fourth-order valence-electron chi connectivity index (χ4n) is 3.44. The molecule has 1 unspecified atom stereocenters. The summed E-state index contributed by atoms with van der Waals surface area (Å²) in [7, 11) is 0. The van der Waals surface area contributed by atoms with E-state index in [2.05, 4.69) is 5.32 Å². The van der Waals surface area contributed by atoms with Gasteiger partial charge in [0.15, 0.2) is 6.29 Å². The summed E-state index contributed by atoms with van der Waals surface area (Å²) in [6, 6.07) is 5.91. The van der Waals surface area contributed by atoms with E-state index in [1.165, 1.54) is 18.2 Å². The van der Waals surface area contributed by atoms with E-state index in [0.29, 0.717) is 5.56 Å². The van der Waals surface area contributed by atoms with E-state index in [1.54, 1.807) is 0 Å². The van der Waals surface area contributed by atoms with Crippen LogP contribution in [0.5, 0.6) is 5.75 Å². The van der Waals surface area contributed by atoms with E-state index in [-0.39, 0.29) is 29.4 Å². The number of hydrogen-bond donors (Lipinski definition) is 2. The Morgan fingerprint density at radius 2 is 1.82 bits per heavy atom. The van der Waals surface area contributed by atoms with Crippen LogP contribution >= 0.6 is 0 Å². The van der Waals surface area contributed by atoms with Crippen molar-refractivity contribution in [3.8, 4) is 5.75 Å². The molecular weight excluding hydrogens is 380 g/mol. The Hall–Kier alpha value is -3.36. The lowest BCUT2D eigenvalue weighted by Gasteiger charge is -2.30. The van der Waals surface area contributed by atoms with Crippen molar-refractivity contribution in [1.82, 2.24) is 4.57 Å². The van der Waals surface area contributed by atoms with Gasteiger partial charge in [0.05, 0.1) is 29.4 Å². The number of aldehydes is 1. The number of hydrogen-bond acceptors (Lipinski definition) is 4. The van der Waals surface area contributed by atoms with Gasteiger partial charge in [-0.15, -0.1) is 0 Å². The standard InChI is InChI=1S/C19H12F4N2O3/c20-13-6-5-11-16-15(13)24-14(7-25(16)18(28)12(8-26)17(11)27)9-1-3-10(4-2-9)19(21,22)23/h1-6,8,14,24,27H,7H2. The van der Waals surface area contributed by atoms with Crippen LogP contribution in [-0.2, 0) is 12.7 Å². The molecule has 2 aromatic carbocycles. The van der Waals surface area contributed by atoms with Gasteiger partial charge in [0.2, 0.25) is 0 Å². The number of benzene rings is 2. The summed E-state index contributed by atoms with van der Waals surface area (Å²) in [6.45, 7) is -0.0573. The van der Waals surface area contributed by atoms with Crippen LogP contribution in [0.1, 0.15) is 27.5 Å². The minimum atomic E-state index is -4.49. The first-order valence-corrected chi connectivity index (χ1v) is 8.19. The third-order valence-corrected chi connectivity index (χ3v) is 4.82. The highest BCUT2D eigenvalue weighted by molar-refractivity contribution is 6.00. The van der Waals surface area contributed by atoms with Crippen LogP contribution < -0.4 is 10.9 Å². The average Bonchev–Trinajstić information content (AvgIpc) is 2.67. The normalized spacial score (nSPS) is 16.1. The third-order valence-electron chi connectivity index (χ3n) is 4.82. The number of carbonyl (C=O) groups excluding carboxylic acids is 1. The van der Waals surface area contributed by atoms with Gasteiger partial charge in [-0.1, -0.05) is 12.1 Å². The van der Waals surface area contributed by atoms with Gasteiger partial charge in [0.1, 0.15) is 17.1 Å². The van der Waals surface area contributed by atoms with E-state index < -0.39 is 40.5 Å². The molecule has 28 heavy (non-hydrogen) atoms. The Balaban J connectivity index is 1.87. The zero-order valence-corrected chi connectivity index (χ0v) is 14.0. The van der Waals surface area contributed by atoms with E-state index in [9.17, 15) is 32.3 Å². The number of rotatable bonds is 2. The highest BCUT2D eigenvalue weighted by atomic mass is 19.4. The van der Waals surface area contributed by atoms with Gasteiger partial charge in [-0.05, 0) is 29.8 Å². The van der Waals surface area contributed by atoms with Gasteiger partial charge < -0.3 is 15.0 Å². The largest absolute Gasteiger partial charge is 0.506 e. The molecule has 2 heterocycles. The van der Waals surface area contributed by atoms with E-state index in [4.69, 9.17) is 0 Å². The minimum Gasteiger partial charge on any atom is -0.506 e. The molecule has 144 valence electrons. The summed E-state index contributed by atoms with van der Waals surface area (Å²) in [5.74, 6) is -1.24. The SMILES string of the molecule is O=Cc1c(O)c2ccc(F)c3c2n(c1=O)CC(c1ccc(C(F)(F)F)cc1)N3. The first-order valence-electron chi connectivity index (χ1n) is 8.19. The Labute approximate surface area is 154 Å². The molecule has 1 atom stereocenters. The van der Waals surface area contributed by atoms with Gasteiger partial charge in [0.25, 0.3) is 5.56 Å². The van der Waals surface area contributed by atoms with Crippen molar-refractivity contribution in [3.05, 3.63) is 69.3 Å². The fourth-order valence-corrected chi connectivity index (χ4v) is 3.44. The summed E-state index contributed by atoms with van der Waals surface area (Å²) in [6.07, 6.45) is -4.27. The van der Waals surface area contributed by atoms with Crippen molar-refractivity contribution < 1.29 is 27.5 Å². The minimum absolute atomic E-state index is 0.0573. The first-order chi connectivity index (χ1) is 13.2. The lowest BCUT2D eigenvalue weighted by molar-refractivity contribution is -0.137. The van der Waals surface area contributed by atoms with Crippen molar-refractivity contribution in [2.45, 2.75) is 18.8 Å². The topological polar surface area (TPSA) is 71.3 Å². The molecule has 0 aliphatic carbocycles. The van der Waals surface area contributed by atoms with Gasteiger partial charge >= 0.3 is 6.18 Å². The molecule has 1 aromatic heterocycles. The molecular formula is C19H12F4N2O3. The van der Waals surface area contributed by atoms with Crippen molar-refractivity contribution in [2.24, 2.45) is 0 Å². The Bertz CT molecular complexity index is 1170. The number of pyridine rings is 1. The number of aromatic nitrogens is 1. The number of carbonyl (C=O) groups is 1. The van der Waals surface area contributed by atoms with E-state index in [0.717, 1.165) is 22.8 Å². The van der Waals surface area contributed by atoms with Gasteiger partial charge in [0, 0.05) is 5.39 Å². The Morgan fingerprint density at radius 1 is 1.14 bits per heavy atom. The highest BCUT2D eigenvalue weighted by Gasteiger charge is 2.31. The number of aromatic hydroxyl groups is 1. The van der Waals surface area contributed by atoms with Crippen LogP contribution in [0.15, 0.2) is 41.2 Å². The maximum atomic E-state index is 14.4. The Morgan fingerprint density at radius 3 is 2.43 bits per heavy atom. The van der Waals surface area contributed by atoms with Crippen molar-refractivity contribution in [2.75, 3.05) is 5.32 Å². The molecule has 0 saturated carbocycles. The maximum absolute atomic E-state index is 14.4. The van der Waals surface area contributed by atoms with Gasteiger partial charge in [-0.2, -0.15) is 13.2 Å². The fraction of sp³-hybridized carbons (Fsp3) is 0.158. The molecule has 0 radical (unpaired) electrons. The second-order valence-corrected chi connectivity index (χ2v) is 6.43. The lowest BCUT2D eigenvalue weighted by atomic mass is 10.00. The number of halogens is 4. The molecule has 2 N–H and O–H groups in total. The quantitative estimate of drug-likeness (QED) is 0.514. The number of alkyl halides is 3. The third kappa shape index (κ3) is 2.62.